The molecular weight excluding hydrogens is 306 g/mol. The molecule has 0 bridgehead atoms. The molecule has 1 unspecified atom stereocenters. The molecule has 2 N–H and O–H groups in total. The number of carboxylic acids is 1. The topological polar surface area (TPSA) is 75.6 Å². The molecule has 0 fully saturated rings. The lowest BCUT2D eigenvalue weighted by Gasteiger charge is -2.20. The fourth-order valence-corrected chi connectivity index (χ4v) is 2.53. The molecule has 2 aromatic rings. The van der Waals surface area contributed by atoms with Crippen molar-refractivity contribution in [3.63, 3.8) is 0 Å². The summed E-state index contributed by atoms with van der Waals surface area (Å²) in [5, 5.41) is 12.5. The van der Waals surface area contributed by atoms with Crippen molar-refractivity contribution in [3.05, 3.63) is 65.7 Å². The van der Waals surface area contributed by atoms with Crippen LogP contribution in [0.3, 0.4) is 0 Å². The van der Waals surface area contributed by atoms with Crippen molar-refractivity contribution < 1.29 is 19.4 Å². The second kappa shape index (κ2) is 8.26. The third-order valence-corrected chi connectivity index (χ3v) is 3.85. The molecule has 0 aliphatic heterocycles. The van der Waals surface area contributed by atoms with E-state index in [1.54, 1.807) is 24.3 Å². The van der Waals surface area contributed by atoms with Gasteiger partial charge in [0, 0.05) is 12.5 Å². The van der Waals surface area contributed by atoms with Gasteiger partial charge in [0.05, 0.1) is 12.7 Å². The molecule has 0 aliphatic rings. The van der Waals surface area contributed by atoms with Crippen LogP contribution in [0.5, 0.6) is 5.75 Å². The van der Waals surface area contributed by atoms with Gasteiger partial charge < -0.3 is 9.84 Å². The second-order valence-electron chi connectivity index (χ2n) is 5.52. The zero-order valence-electron chi connectivity index (χ0n) is 13.7. The maximum absolute atomic E-state index is 12.5. The van der Waals surface area contributed by atoms with E-state index >= 15 is 0 Å². The molecule has 0 aromatic heterocycles. The Balaban J connectivity index is 2.11. The van der Waals surface area contributed by atoms with Crippen molar-refractivity contribution in [2.24, 2.45) is 0 Å². The number of aliphatic carboxylic acids is 1. The maximum atomic E-state index is 12.5. The first kappa shape index (κ1) is 17.7. The zero-order chi connectivity index (χ0) is 17.5. The number of ketones is 1. The number of rotatable bonds is 8. The van der Waals surface area contributed by atoms with Gasteiger partial charge in [-0.3, -0.25) is 14.9 Å². The summed E-state index contributed by atoms with van der Waals surface area (Å²) in [6.07, 6.45) is -0.146. The zero-order valence-corrected chi connectivity index (χ0v) is 13.7. The van der Waals surface area contributed by atoms with Gasteiger partial charge in [-0.25, -0.2) is 0 Å². The molecule has 2 rings (SSSR count). The van der Waals surface area contributed by atoms with Crippen LogP contribution in [-0.4, -0.2) is 30.0 Å². The van der Waals surface area contributed by atoms with E-state index in [-0.39, 0.29) is 18.2 Å². The van der Waals surface area contributed by atoms with Gasteiger partial charge in [0.25, 0.3) is 0 Å². The van der Waals surface area contributed by atoms with Gasteiger partial charge in [-0.15, -0.1) is 0 Å². The number of hydrogen-bond donors (Lipinski definition) is 2. The summed E-state index contributed by atoms with van der Waals surface area (Å²) >= 11 is 0. The van der Waals surface area contributed by atoms with Gasteiger partial charge in [0.2, 0.25) is 0 Å². The fraction of sp³-hybridized carbons (Fsp3) is 0.263. The number of carbonyl (C=O) groups is 2. The fourth-order valence-electron chi connectivity index (χ4n) is 2.53. The molecule has 2 aromatic carbocycles. The van der Waals surface area contributed by atoms with E-state index in [2.05, 4.69) is 5.32 Å². The van der Waals surface area contributed by atoms with Crippen molar-refractivity contribution in [2.75, 3.05) is 7.11 Å². The summed E-state index contributed by atoms with van der Waals surface area (Å²) in [7, 11) is 1.48. The van der Waals surface area contributed by atoms with E-state index in [1.165, 1.54) is 7.11 Å². The van der Waals surface area contributed by atoms with Crippen LogP contribution in [0, 0.1) is 0 Å². The number of hydrogen-bond acceptors (Lipinski definition) is 4. The smallest absolute Gasteiger partial charge is 0.321 e. The Labute approximate surface area is 141 Å². The van der Waals surface area contributed by atoms with Crippen LogP contribution in [-0.2, 0) is 4.79 Å². The molecule has 0 aliphatic carbocycles. The van der Waals surface area contributed by atoms with E-state index in [0.29, 0.717) is 11.3 Å². The number of ether oxygens (including phenoxy) is 1. The highest BCUT2D eigenvalue weighted by atomic mass is 16.5. The Kier molecular flexibility index (Phi) is 6.09. The Morgan fingerprint density at radius 3 is 2.33 bits per heavy atom. The van der Waals surface area contributed by atoms with Crippen LogP contribution in [0.1, 0.15) is 35.3 Å². The molecule has 2 atom stereocenters. The van der Waals surface area contributed by atoms with Gasteiger partial charge in [0.1, 0.15) is 11.8 Å². The molecular formula is C19H21NO4. The summed E-state index contributed by atoms with van der Waals surface area (Å²) in [5.74, 6) is -0.878. The number of carbonyl (C=O) groups excluding carboxylic acids is 1. The summed E-state index contributed by atoms with van der Waals surface area (Å²) in [4.78, 5) is 24.0. The third-order valence-electron chi connectivity index (χ3n) is 3.85. The first-order valence-electron chi connectivity index (χ1n) is 7.73. The highest BCUT2D eigenvalue weighted by Gasteiger charge is 2.25. The van der Waals surface area contributed by atoms with Crippen molar-refractivity contribution in [1.82, 2.24) is 5.32 Å². The standard InChI is InChI=1S/C19H21NO4/c1-13(14-8-4-3-5-9-14)20-16(19(22)23)12-17(21)15-10-6-7-11-18(15)24-2/h3-11,13,16,20H,12H2,1-2H3,(H,22,23)/t13-,16?/m0/s1. The molecule has 0 amide bonds. The minimum absolute atomic E-state index is 0.146. The van der Waals surface area contributed by atoms with E-state index in [4.69, 9.17) is 4.74 Å². The van der Waals surface area contributed by atoms with Crippen molar-refractivity contribution in [2.45, 2.75) is 25.4 Å². The third kappa shape index (κ3) is 4.43. The minimum atomic E-state index is -1.05. The normalized spacial score (nSPS) is 13.1. The lowest BCUT2D eigenvalue weighted by molar-refractivity contribution is -0.139. The van der Waals surface area contributed by atoms with Gasteiger partial charge in [-0.05, 0) is 24.6 Å². The largest absolute Gasteiger partial charge is 0.496 e. The number of carboxylic acid groups (broad SMARTS) is 1. The van der Waals surface area contributed by atoms with Crippen LogP contribution < -0.4 is 10.1 Å². The Morgan fingerprint density at radius 2 is 1.71 bits per heavy atom. The highest BCUT2D eigenvalue weighted by molar-refractivity contribution is 6.00. The van der Waals surface area contributed by atoms with Gasteiger partial charge >= 0.3 is 5.97 Å². The summed E-state index contributed by atoms with van der Waals surface area (Å²) < 4.78 is 5.17. The van der Waals surface area contributed by atoms with Crippen LogP contribution in [0.15, 0.2) is 54.6 Å². The SMILES string of the molecule is COc1ccccc1C(=O)CC(N[C@@H](C)c1ccccc1)C(=O)O. The number of nitrogens with one attached hydrogen (secondary N) is 1. The molecule has 0 saturated heterocycles. The first-order chi connectivity index (χ1) is 11.5. The molecule has 24 heavy (non-hydrogen) atoms. The maximum Gasteiger partial charge on any atom is 0.321 e. The second-order valence-corrected chi connectivity index (χ2v) is 5.52. The lowest BCUT2D eigenvalue weighted by atomic mass is 10.0. The van der Waals surface area contributed by atoms with E-state index in [1.807, 2.05) is 37.3 Å². The summed E-state index contributed by atoms with van der Waals surface area (Å²) in [6, 6.07) is 15.2. The molecule has 5 nitrogen and oxygen atoms in total. The number of Topliss-reactive ketones (excluding diaryl/α,β-unsaturated/α-hetero) is 1. The van der Waals surface area contributed by atoms with Gasteiger partial charge in [-0.2, -0.15) is 0 Å². The van der Waals surface area contributed by atoms with Gasteiger partial charge in [0.15, 0.2) is 5.78 Å². The molecule has 0 radical (unpaired) electrons. The summed E-state index contributed by atoms with van der Waals surface area (Å²) in [5.41, 5.74) is 1.36. The number of methoxy groups -OCH3 is 1. The Bertz CT molecular complexity index is 700. The minimum Gasteiger partial charge on any atom is -0.496 e. The summed E-state index contributed by atoms with van der Waals surface area (Å²) in [6.45, 7) is 1.87. The van der Waals surface area contributed by atoms with Crippen LogP contribution in [0.25, 0.3) is 0 Å². The van der Waals surface area contributed by atoms with E-state index in [0.717, 1.165) is 5.56 Å². The monoisotopic (exact) mass is 327 g/mol. The molecule has 5 heteroatoms. The quantitative estimate of drug-likeness (QED) is 0.729. The van der Waals surface area contributed by atoms with Crippen molar-refractivity contribution in [1.29, 1.82) is 0 Å². The van der Waals surface area contributed by atoms with E-state index in [9.17, 15) is 14.7 Å². The Morgan fingerprint density at radius 1 is 1.08 bits per heavy atom. The predicted octanol–water partition coefficient (Wildman–Crippen LogP) is 3.07. The number of para-hydroxylation sites is 1. The average molecular weight is 327 g/mol. The van der Waals surface area contributed by atoms with Crippen LogP contribution in [0.4, 0.5) is 0 Å². The van der Waals surface area contributed by atoms with Crippen molar-refractivity contribution in [3.8, 4) is 5.75 Å². The van der Waals surface area contributed by atoms with Gasteiger partial charge in [-0.1, -0.05) is 42.5 Å². The molecule has 0 spiro atoms. The number of benzene rings is 2. The first-order valence-corrected chi connectivity index (χ1v) is 7.73. The van der Waals surface area contributed by atoms with Crippen molar-refractivity contribution >= 4 is 11.8 Å². The van der Waals surface area contributed by atoms with Crippen LogP contribution >= 0.6 is 0 Å². The highest BCUT2D eigenvalue weighted by Crippen LogP contribution is 2.20. The molecule has 126 valence electrons. The predicted molar refractivity (Wildman–Crippen MR) is 91.4 cm³/mol. The average Bonchev–Trinajstić information content (AvgIpc) is 2.61. The lowest BCUT2D eigenvalue weighted by Crippen LogP contribution is -2.40. The molecule has 0 saturated carbocycles. The molecule has 0 heterocycles. The Hall–Kier alpha value is -2.66. The van der Waals surface area contributed by atoms with Crippen LogP contribution in [0.2, 0.25) is 0 Å². The van der Waals surface area contributed by atoms with E-state index < -0.39 is 12.0 Å².